The highest BCUT2D eigenvalue weighted by atomic mass is 32.3. The second-order valence-corrected chi connectivity index (χ2v) is 5.02. The smallest absolute Gasteiger partial charge is 0.0408 e. The topological polar surface area (TPSA) is 0 Å². The first kappa shape index (κ1) is 19.0. The molecule has 0 amide bonds. The monoisotopic (exact) mass is 276 g/mol. The van der Waals surface area contributed by atoms with Gasteiger partial charge in [0, 0.05) is 15.3 Å². The Kier molecular flexibility index (Phi) is 46.6. The molecule has 1 heterocycles. The molecule has 0 radical (unpaired) electrons. The molecule has 72 valence electrons. The Hall–Kier alpha value is 1.32. The predicted molar refractivity (Wildman–Crippen MR) is 81.5 cm³/mol. The van der Waals surface area contributed by atoms with Gasteiger partial charge in [-0.3, -0.25) is 0 Å². The van der Waals surface area contributed by atoms with E-state index in [0.717, 1.165) is 0 Å². The molecule has 6 heteroatoms. The summed E-state index contributed by atoms with van der Waals surface area (Å²) in [4.78, 5) is 0. The van der Waals surface area contributed by atoms with Crippen molar-refractivity contribution in [2.75, 3.05) is 15.3 Å². The van der Waals surface area contributed by atoms with Crippen LogP contribution in [0.5, 0.6) is 0 Å². The Morgan fingerprint density at radius 1 is 0.583 bits per heavy atom. The lowest BCUT2D eigenvalue weighted by Crippen LogP contribution is -1.82. The van der Waals surface area contributed by atoms with E-state index >= 15 is 0 Å². The maximum absolute atomic E-state index is 3.83. The van der Waals surface area contributed by atoms with Gasteiger partial charge >= 0.3 is 0 Å². The molecule has 0 aromatic rings. The zero-order valence-corrected chi connectivity index (χ0v) is 11.6. The molecule has 1 fully saturated rings. The van der Waals surface area contributed by atoms with Gasteiger partial charge < -0.3 is 0 Å². The Morgan fingerprint density at radius 3 is 0.833 bits per heavy atom. The third-order valence-electron chi connectivity index (χ3n) is 0.500. The van der Waals surface area contributed by atoms with E-state index in [1.807, 2.05) is 35.3 Å². The zero-order chi connectivity index (χ0) is 10.2. The third kappa shape index (κ3) is 22.5. The van der Waals surface area contributed by atoms with E-state index in [1.54, 1.807) is 0 Å². The molecule has 1 aliphatic heterocycles. The second kappa shape index (κ2) is 29.5. The van der Waals surface area contributed by atoms with Crippen LogP contribution in [0.1, 0.15) is 0 Å². The number of thiocarbonyl (C=S) groups is 3. The molecule has 0 nitrogen and oxygen atoms in total. The van der Waals surface area contributed by atoms with Crippen LogP contribution < -0.4 is 0 Å². The summed E-state index contributed by atoms with van der Waals surface area (Å²) in [5.41, 5.74) is 0. The highest BCUT2D eigenvalue weighted by Gasteiger charge is 1.96. The fourth-order valence-corrected chi connectivity index (χ4v) is 4.35. The molecule has 0 bridgehead atoms. The van der Waals surface area contributed by atoms with Crippen molar-refractivity contribution in [1.82, 2.24) is 0 Å². The lowest BCUT2D eigenvalue weighted by atomic mass is 11.8. The van der Waals surface area contributed by atoms with Crippen molar-refractivity contribution in [2.24, 2.45) is 0 Å². The highest BCUT2D eigenvalue weighted by molar-refractivity contribution is 8.31. The van der Waals surface area contributed by atoms with Crippen LogP contribution in [0.4, 0.5) is 0 Å². The Labute approximate surface area is 104 Å². The minimum Gasteiger partial charge on any atom is -0.140 e. The van der Waals surface area contributed by atoms with E-state index in [0.29, 0.717) is 0 Å². The summed E-state index contributed by atoms with van der Waals surface area (Å²) in [6.45, 7) is 0. The molecule has 1 aliphatic rings. The van der Waals surface area contributed by atoms with E-state index in [1.165, 1.54) is 15.3 Å². The number of hydrogen-bond acceptors (Lipinski definition) is 6. The van der Waals surface area contributed by atoms with Gasteiger partial charge in [-0.15, -0.1) is 35.3 Å². The molecule has 0 aromatic carbocycles. The van der Waals surface area contributed by atoms with Gasteiger partial charge in [-0.1, -0.05) is 36.7 Å². The van der Waals surface area contributed by atoms with E-state index in [9.17, 15) is 0 Å². The van der Waals surface area contributed by atoms with Crippen LogP contribution in [0, 0.1) is 0 Å². The molecular weight excluding hydrogens is 264 g/mol. The van der Waals surface area contributed by atoms with Gasteiger partial charge in [-0.25, -0.2) is 0 Å². The van der Waals surface area contributed by atoms with E-state index in [2.05, 4.69) is 54.3 Å². The van der Waals surface area contributed by atoms with Crippen LogP contribution in [-0.2, 0) is 0 Å². The van der Waals surface area contributed by atoms with E-state index < -0.39 is 0 Å². The summed E-state index contributed by atoms with van der Waals surface area (Å²) in [6, 6.07) is 0. The summed E-state index contributed by atoms with van der Waals surface area (Å²) >= 11 is 17.6. The lowest BCUT2D eigenvalue weighted by molar-refractivity contribution is 2.03. The number of thioether (sulfide) groups is 3. The molecule has 1 saturated heterocycles. The van der Waals surface area contributed by atoms with Crippen LogP contribution in [0.2, 0.25) is 0 Å². The maximum Gasteiger partial charge on any atom is 0.0408 e. The van der Waals surface area contributed by atoms with Gasteiger partial charge in [0.1, 0.15) is 0 Å². The summed E-state index contributed by atoms with van der Waals surface area (Å²) in [5, 5.41) is 3.94. The minimum absolute atomic E-state index is 1.31. The zero-order valence-electron chi connectivity index (χ0n) is 6.69. The summed E-state index contributed by atoms with van der Waals surface area (Å²) < 4.78 is 0. The van der Waals surface area contributed by atoms with Crippen molar-refractivity contribution in [1.29, 1.82) is 0 Å². The lowest BCUT2D eigenvalue weighted by Gasteiger charge is -2.05. The molecule has 12 heavy (non-hydrogen) atoms. The first-order chi connectivity index (χ1) is 6.00. The van der Waals surface area contributed by atoms with Crippen molar-refractivity contribution in [3.8, 4) is 0 Å². The summed E-state index contributed by atoms with van der Waals surface area (Å²) in [6.07, 6.45) is 0. The van der Waals surface area contributed by atoms with Crippen LogP contribution in [-0.4, -0.2) is 32.9 Å². The summed E-state index contributed by atoms with van der Waals surface area (Å²) in [7, 11) is 0. The molecule has 0 unspecified atom stereocenters. The molecule has 0 spiro atoms. The fourth-order valence-electron chi connectivity index (χ4n) is 0.279. The van der Waals surface area contributed by atoms with E-state index in [4.69, 9.17) is 0 Å². The Bertz CT molecular complexity index is 48.8. The Balaban J connectivity index is -0.000000117. The average molecular weight is 277 g/mol. The van der Waals surface area contributed by atoms with Crippen LogP contribution in [0.25, 0.3) is 0 Å². The van der Waals surface area contributed by atoms with Crippen molar-refractivity contribution in [3.63, 3.8) is 0 Å². The van der Waals surface area contributed by atoms with Gasteiger partial charge in [0.2, 0.25) is 0 Å². The SMILES string of the molecule is C1SCSCS1.C=S.C=S.C=S. The minimum atomic E-state index is 1.31. The normalized spacial score (nSPS) is 13.0. The van der Waals surface area contributed by atoms with Gasteiger partial charge in [0.15, 0.2) is 0 Å². The Morgan fingerprint density at radius 2 is 0.750 bits per heavy atom. The number of rotatable bonds is 0. The average Bonchev–Trinajstić information content (AvgIpc) is 2.29. The van der Waals surface area contributed by atoms with Crippen LogP contribution in [0.3, 0.4) is 0 Å². The fraction of sp³-hybridized carbons (Fsp3) is 0.500. The first-order valence-corrected chi connectivity index (χ1v) is 7.79. The third-order valence-corrected chi connectivity index (χ3v) is 4.50. The molecular formula is C6H12S6. The van der Waals surface area contributed by atoms with Gasteiger partial charge in [-0.05, 0) is 17.6 Å². The largest absolute Gasteiger partial charge is 0.140 e. The van der Waals surface area contributed by atoms with Crippen molar-refractivity contribution in [2.45, 2.75) is 0 Å². The number of hydrogen-bond donors (Lipinski definition) is 0. The van der Waals surface area contributed by atoms with Gasteiger partial charge in [-0.2, -0.15) is 0 Å². The standard InChI is InChI=1S/C3H6S3.3CH2S/c1-4-2-6-3-5-1;3*1-2/h1-3H2;3*1H2. The summed E-state index contributed by atoms with van der Waals surface area (Å²) in [5.74, 6) is 8.50. The first-order valence-electron chi connectivity index (χ1n) is 2.60. The van der Waals surface area contributed by atoms with Crippen LogP contribution >= 0.6 is 71.9 Å². The maximum atomic E-state index is 3.83. The molecule has 0 N–H and O–H groups in total. The quantitative estimate of drug-likeness (QED) is 0.611. The molecule has 0 saturated carbocycles. The van der Waals surface area contributed by atoms with Gasteiger partial charge in [0.05, 0.1) is 0 Å². The molecule has 1 rings (SSSR count). The van der Waals surface area contributed by atoms with Crippen molar-refractivity contribution >= 4 is 89.6 Å². The van der Waals surface area contributed by atoms with Crippen molar-refractivity contribution in [3.05, 3.63) is 0 Å². The van der Waals surface area contributed by atoms with Crippen LogP contribution in [0.15, 0.2) is 0 Å². The van der Waals surface area contributed by atoms with E-state index in [-0.39, 0.29) is 0 Å². The predicted octanol–water partition coefficient (Wildman–Crippen LogP) is 3.92. The second-order valence-electron chi connectivity index (χ2n) is 0.966. The van der Waals surface area contributed by atoms with Crippen molar-refractivity contribution < 1.29 is 0 Å². The molecule has 0 aromatic heterocycles. The van der Waals surface area contributed by atoms with Gasteiger partial charge in [0.25, 0.3) is 0 Å². The molecule has 0 aliphatic carbocycles. The highest BCUT2D eigenvalue weighted by Crippen LogP contribution is 2.27. The molecule has 0 atom stereocenters.